The monoisotopic (exact) mass is 275 g/mol. The molecule has 0 saturated carbocycles. The summed E-state index contributed by atoms with van der Waals surface area (Å²) in [5, 5.41) is 3.52. The molecule has 4 heterocycles. The summed E-state index contributed by atoms with van der Waals surface area (Å²) in [7, 11) is 0. The molecule has 3 saturated heterocycles. The fourth-order valence-electron chi connectivity index (χ4n) is 3.08. The lowest BCUT2D eigenvalue weighted by Crippen LogP contribution is -2.62. The van der Waals surface area contributed by atoms with E-state index < -0.39 is 0 Å². The number of nitrogens with one attached hydrogen (secondary N) is 1. The summed E-state index contributed by atoms with van der Waals surface area (Å²) in [5.74, 6) is 2.27. The minimum absolute atomic E-state index is 0.371. The lowest BCUT2D eigenvalue weighted by molar-refractivity contribution is 0.0189. The van der Waals surface area contributed by atoms with Crippen LogP contribution in [0, 0.1) is 6.92 Å². The van der Waals surface area contributed by atoms with Gasteiger partial charge < -0.3 is 5.32 Å². The van der Waals surface area contributed by atoms with Crippen molar-refractivity contribution >= 4 is 5.82 Å². The minimum Gasteiger partial charge on any atom is -0.368 e. The maximum atomic E-state index is 4.63. The second-order valence-electron chi connectivity index (χ2n) is 6.28. The summed E-state index contributed by atoms with van der Waals surface area (Å²) in [6.45, 7) is 13.4. The molecule has 3 aliphatic heterocycles. The summed E-state index contributed by atoms with van der Waals surface area (Å²) < 4.78 is 0. The molecule has 0 amide bonds. The van der Waals surface area contributed by atoms with Crippen LogP contribution in [0.15, 0.2) is 6.07 Å². The topological polar surface area (TPSA) is 44.3 Å². The Morgan fingerprint density at radius 1 is 1.25 bits per heavy atom. The summed E-state index contributed by atoms with van der Waals surface area (Å²) in [6.07, 6.45) is 0. The zero-order valence-electron chi connectivity index (χ0n) is 12.8. The van der Waals surface area contributed by atoms with Crippen molar-refractivity contribution in [2.45, 2.75) is 32.7 Å². The van der Waals surface area contributed by atoms with Crippen LogP contribution in [0.3, 0.4) is 0 Å². The Morgan fingerprint density at radius 2 is 2.00 bits per heavy atom. The standard InChI is InChI=1S/C15H25N5/c1-11(2)15-17-12(3)8-14(18-15)16-9-13-10-19-4-6-20(13)7-5-19/h8,11,13H,4-7,9-10H2,1-3H3,(H,16,17,18). The van der Waals surface area contributed by atoms with Crippen LogP contribution in [-0.4, -0.2) is 65.1 Å². The fourth-order valence-corrected chi connectivity index (χ4v) is 3.08. The summed E-state index contributed by atoms with van der Waals surface area (Å²) in [5.41, 5.74) is 1.04. The SMILES string of the molecule is Cc1cc(NCC2CN3CCN2CC3)nc(C(C)C)n1. The number of aromatic nitrogens is 2. The van der Waals surface area contributed by atoms with Crippen LogP contribution >= 0.6 is 0 Å². The molecular formula is C15H25N5. The molecule has 3 aliphatic rings. The number of rotatable bonds is 4. The molecule has 110 valence electrons. The van der Waals surface area contributed by atoms with Gasteiger partial charge >= 0.3 is 0 Å². The van der Waals surface area contributed by atoms with Gasteiger partial charge in [-0.15, -0.1) is 0 Å². The Morgan fingerprint density at radius 3 is 2.60 bits per heavy atom. The van der Waals surface area contributed by atoms with Crippen molar-refractivity contribution in [3.8, 4) is 0 Å². The van der Waals surface area contributed by atoms with Crippen LogP contribution in [0.5, 0.6) is 0 Å². The van der Waals surface area contributed by atoms with Gasteiger partial charge in [0.05, 0.1) is 0 Å². The van der Waals surface area contributed by atoms with Crippen LogP contribution in [0.25, 0.3) is 0 Å². The second-order valence-corrected chi connectivity index (χ2v) is 6.28. The molecule has 5 nitrogen and oxygen atoms in total. The van der Waals surface area contributed by atoms with Gasteiger partial charge in [-0.1, -0.05) is 13.8 Å². The molecule has 1 unspecified atom stereocenters. The molecule has 5 heteroatoms. The Labute approximate surface area is 121 Å². The average molecular weight is 275 g/mol. The number of aryl methyl sites for hydroxylation is 1. The van der Waals surface area contributed by atoms with Crippen molar-refractivity contribution in [2.75, 3.05) is 44.6 Å². The van der Waals surface area contributed by atoms with Gasteiger partial charge in [-0.2, -0.15) is 0 Å². The molecule has 1 aromatic heterocycles. The third kappa shape index (κ3) is 2.94. The number of fused-ring (bicyclic) bond motifs is 3. The van der Waals surface area contributed by atoms with Gasteiger partial charge in [-0.05, 0) is 6.92 Å². The van der Waals surface area contributed by atoms with Gasteiger partial charge in [-0.3, -0.25) is 9.80 Å². The first kappa shape index (κ1) is 13.8. The Hall–Kier alpha value is -1.20. The van der Waals surface area contributed by atoms with E-state index in [-0.39, 0.29) is 0 Å². The average Bonchev–Trinajstić information content (AvgIpc) is 2.46. The van der Waals surface area contributed by atoms with Crippen LogP contribution < -0.4 is 5.32 Å². The molecule has 20 heavy (non-hydrogen) atoms. The predicted octanol–water partition coefficient (Wildman–Crippen LogP) is 1.32. The highest BCUT2D eigenvalue weighted by molar-refractivity contribution is 5.36. The van der Waals surface area contributed by atoms with E-state index in [1.165, 1.54) is 32.7 Å². The van der Waals surface area contributed by atoms with Gasteiger partial charge in [0.25, 0.3) is 0 Å². The number of hydrogen-bond donors (Lipinski definition) is 1. The number of hydrogen-bond acceptors (Lipinski definition) is 5. The van der Waals surface area contributed by atoms with E-state index >= 15 is 0 Å². The molecule has 1 aromatic rings. The van der Waals surface area contributed by atoms with E-state index in [0.29, 0.717) is 12.0 Å². The van der Waals surface area contributed by atoms with E-state index in [2.05, 4.69) is 38.9 Å². The van der Waals surface area contributed by atoms with Gasteiger partial charge in [0, 0.05) is 63.0 Å². The van der Waals surface area contributed by atoms with Crippen molar-refractivity contribution < 1.29 is 0 Å². The molecule has 0 aromatic carbocycles. The quantitative estimate of drug-likeness (QED) is 0.898. The first-order valence-corrected chi connectivity index (χ1v) is 7.67. The third-order valence-corrected chi connectivity index (χ3v) is 4.30. The van der Waals surface area contributed by atoms with Crippen LogP contribution in [0.4, 0.5) is 5.82 Å². The van der Waals surface area contributed by atoms with Crippen molar-refractivity contribution in [3.63, 3.8) is 0 Å². The van der Waals surface area contributed by atoms with Crippen LogP contribution in [0.1, 0.15) is 31.3 Å². The molecule has 0 aliphatic carbocycles. The molecule has 0 radical (unpaired) electrons. The van der Waals surface area contributed by atoms with Gasteiger partial charge in [0.15, 0.2) is 0 Å². The molecule has 4 rings (SSSR count). The smallest absolute Gasteiger partial charge is 0.133 e. The highest BCUT2D eigenvalue weighted by Gasteiger charge is 2.31. The lowest BCUT2D eigenvalue weighted by atomic mass is 10.1. The van der Waals surface area contributed by atoms with E-state index in [0.717, 1.165) is 23.9 Å². The number of anilines is 1. The predicted molar refractivity (Wildman–Crippen MR) is 81.1 cm³/mol. The maximum Gasteiger partial charge on any atom is 0.133 e. The fraction of sp³-hybridized carbons (Fsp3) is 0.733. The molecular weight excluding hydrogens is 250 g/mol. The summed E-state index contributed by atoms with van der Waals surface area (Å²) >= 11 is 0. The Balaban J connectivity index is 1.63. The van der Waals surface area contributed by atoms with Crippen molar-refractivity contribution in [2.24, 2.45) is 0 Å². The van der Waals surface area contributed by atoms with Gasteiger partial charge in [0.2, 0.25) is 0 Å². The zero-order chi connectivity index (χ0) is 14.1. The molecule has 3 fully saturated rings. The van der Waals surface area contributed by atoms with E-state index in [9.17, 15) is 0 Å². The van der Waals surface area contributed by atoms with Crippen molar-refractivity contribution in [3.05, 3.63) is 17.6 Å². The molecule has 0 spiro atoms. The van der Waals surface area contributed by atoms with Crippen LogP contribution in [0.2, 0.25) is 0 Å². The summed E-state index contributed by atoms with van der Waals surface area (Å²) in [6, 6.07) is 2.66. The highest BCUT2D eigenvalue weighted by Crippen LogP contribution is 2.17. The van der Waals surface area contributed by atoms with Gasteiger partial charge in [-0.25, -0.2) is 9.97 Å². The van der Waals surface area contributed by atoms with Crippen molar-refractivity contribution in [1.82, 2.24) is 19.8 Å². The largest absolute Gasteiger partial charge is 0.368 e. The lowest BCUT2D eigenvalue weighted by Gasteiger charge is -2.47. The Kier molecular flexibility index (Phi) is 3.89. The first-order chi connectivity index (χ1) is 9.61. The van der Waals surface area contributed by atoms with Crippen molar-refractivity contribution in [1.29, 1.82) is 0 Å². The normalized spacial score (nSPS) is 28.9. The highest BCUT2D eigenvalue weighted by atomic mass is 15.3. The minimum atomic E-state index is 0.371. The Bertz CT molecular complexity index is 465. The second kappa shape index (κ2) is 5.66. The number of piperazine rings is 3. The van der Waals surface area contributed by atoms with E-state index in [1.807, 2.05) is 13.0 Å². The summed E-state index contributed by atoms with van der Waals surface area (Å²) in [4.78, 5) is 14.3. The zero-order valence-corrected chi connectivity index (χ0v) is 12.8. The van der Waals surface area contributed by atoms with E-state index in [1.54, 1.807) is 0 Å². The third-order valence-electron chi connectivity index (χ3n) is 4.30. The maximum absolute atomic E-state index is 4.63. The van der Waals surface area contributed by atoms with E-state index in [4.69, 9.17) is 0 Å². The molecule has 1 N–H and O–H groups in total. The van der Waals surface area contributed by atoms with Crippen LogP contribution in [-0.2, 0) is 0 Å². The number of nitrogens with zero attached hydrogens (tertiary/aromatic N) is 4. The van der Waals surface area contributed by atoms with Gasteiger partial charge in [0.1, 0.15) is 11.6 Å². The molecule has 1 atom stereocenters. The first-order valence-electron chi connectivity index (χ1n) is 7.67. The molecule has 2 bridgehead atoms.